The van der Waals surface area contributed by atoms with Gasteiger partial charge in [0, 0.05) is 23.8 Å². The number of aliphatic hydroxyl groups excluding tert-OH is 2. The van der Waals surface area contributed by atoms with Crippen LogP contribution in [0, 0.1) is 5.92 Å². The maximum Gasteiger partial charge on any atom is 0.0772 e. The average Bonchev–Trinajstić information content (AvgIpc) is 2.26. The number of hydrogen-bond acceptors (Lipinski definition) is 3. The van der Waals surface area contributed by atoms with Gasteiger partial charge in [-0.1, -0.05) is 22.0 Å². The van der Waals surface area contributed by atoms with E-state index >= 15 is 0 Å². The molecule has 2 N–H and O–H groups in total. The number of nitrogens with zero attached hydrogens (tertiary/aromatic N) is 1. The number of anilines is 1. The Hall–Kier alpha value is -0.580. The molecular formula is C14H20BrNO2. The molecule has 0 bridgehead atoms. The summed E-state index contributed by atoms with van der Waals surface area (Å²) in [6.07, 6.45) is 1.28. The van der Waals surface area contributed by atoms with Crippen molar-refractivity contribution < 1.29 is 10.2 Å². The van der Waals surface area contributed by atoms with E-state index in [1.807, 2.05) is 18.2 Å². The van der Waals surface area contributed by atoms with Crippen LogP contribution in [0.3, 0.4) is 0 Å². The standard InChI is InChI=1S/C14H20BrNO2/c1-9(17)13-4-3-11(7-14(13)15)16(2)8-10-5-12(18)6-10/h3-4,7,9-10,12,17-18H,5-6,8H2,1-2H3. The van der Waals surface area contributed by atoms with E-state index < -0.39 is 6.10 Å². The van der Waals surface area contributed by atoms with Crippen molar-refractivity contribution in [1.82, 2.24) is 0 Å². The Morgan fingerprint density at radius 3 is 2.61 bits per heavy atom. The topological polar surface area (TPSA) is 43.7 Å². The Kier molecular flexibility index (Phi) is 4.30. The van der Waals surface area contributed by atoms with Crippen molar-refractivity contribution in [3.63, 3.8) is 0 Å². The second kappa shape index (κ2) is 5.59. The molecular weight excluding hydrogens is 294 g/mol. The van der Waals surface area contributed by atoms with E-state index in [-0.39, 0.29) is 6.10 Å². The van der Waals surface area contributed by atoms with Gasteiger partial charge in [-0.05, 0) is 43.4 Å². The number of rotatable bonds is 4. The molecule has 0 saturated heterocycles. The molecule has 1 aliphatic rings. The van der Waals surface area contributed by atoms with Crippen molar-refractivity contribution in [2.24, 2.45) is 5.92 Å². The van der Waals surface area contributed by atoms with Crippen molar-refractivity contribution in [2.75, 3.05) is 18.5 Å². The molecule has 1 saturated carbocycles. The summed E-state index contributed by atoms with van der Waals surface area (Å²) in [5, 5.41) is 18.9. The van der Waals surface area contributed by atoms with Crippen LogP contribution in [0.5, 0.6) is 0 Å². The van der Waals surface area contributed by atoms with Crippen LogP contribution in [-0.4, -0.2) is 29.9 Å². The maximum absolute atomic E-state index is 9.58. The molecule has 3 nitrogen and oxygen atoms in total. The molecule has 0 amide bonds. The summed E-state index contributed by atoms with van der Waals surface area (Å²) in [6, 6.07) is 6.02. The van der Waals surface area contributed by atoms with Crippen LogP contribution in [-0.2, 0) is 0 Å². The van der Waals surface area contributed by atoms with Gasteiger partial charge in [-0.2, -0.15) is 0 Å². The third kappa shape index (κ3) is 3.05. The summed E-state index contributed by atoms with van der Waals surface area (Å²) in [4.78, 5) is 2.20. The fourth-order valence-corrected chi connectivity index (χ4v) is 3.13. The first-order valence-corrected chi connectivity index (χ1v) is 7.13. The van der Waals surface area contributed by atoms with Gasteiger partial charge in [0.1, 0.15) is 0 Å². The number of hydrogen-bond donors (Lipinski definition) is 2. The van der Waals surface area contributed by atoms with E-state index in [1.54, 1.807) is 6.92 Å². The Bertz CT molecular complexity index is 416. The molecule has 2 rings (SSSR count). The lowest BCUT2D eigenvalue weighted by Crippen LogP contribution is -2.37. The van der Waals surface area contributed by atoms with E-state index in [9.17, 15) is 10.2 Å². The van der Waals surface area contributed by atoms with E-state index in [2.05, 4.69) is 27.9 Å². The lowest BCUT2D eigenvalue weighted by atomic mass is 9.82. The lowest BCUT2D eigenvalue weighted by molar-refractivity contribution is 0.0465. The minimum Gasteiger partial charge on any atom is -0.393 e. The SMILES string of the molecule is CC(O)c1ccc(N(C)CC2CC(O)C2)cc1Br. The highest BCUT2D eigenvalue weighted by atomic mass is 79.9. The number of benzene rings is 1. The molecule has 0 aromatic heterocycles. The Morgan fingerprint density at radius 2 is 2.11 bits per heavy atom. The van der Waals surface area contributed by atoms with Crippen LogP contribution in [0.4, 0.5) is 5.69 Å². The van der Waals surface area contributed by atoms with Gasteiger partial charge >= 0.3 is 0 Å². The van der Waals surface area contributed by atoms with Crippen LogP contribution in [0.1, 0.15) is 31.4 Å². The van der Waals surface area contributed by atoms with Crippen LogP contribution in [0.15, 0.2) is 22.7 Å². The molecule has 4 heteroatoms. The minimum absolute atomic E-state index is 0.0900. The molecule has 1 atom stereocenters. The Balaban J connectivity index is 2.02. The van der Waals surface area contributed by atoms with E-state index in [4.69, 9.17) is 0 Å². The van der Waals surface area contributed by atoms with Gasteiger partial charge in [0.2, 0.25) is 0 Å². The Morgan fingerprint density at radius 1 is 1.44 bits per heavy atom. The molecule has 100 valence electrons. The summed E-state index contributed by atoms with van der Waals surface area (Å²) < 4.78 is 0.940. The molecule has 1 aliphatic carbocycles. The fourth-order valence-electron chi connectivity index (χ4n) is 2.43. The predicted octanol–water partition coefficient (Wildman–Crippen LogP) is 2.71. The smallest absolute Gasteiger partial charge is 0.0772 e. The average molecular weight is 314 g/mol. The van der Waals surface area contributed by atoms with Crippen LogP contribution < -0.4 is 4.90 Å². The van der Waals surface area contributed by atoms with Crippen molar-refractivity contribution in [3.8, 4) is 0 Å². The zero-order valence-electron chi connectivity index (χ0n) is 10.8. The highest BCUT2D eigenvalue weighted by molar-refractivity contribution is 9.10. The van der Waals surface area contributed by atoms with Crippen LogP contribution in [0.2, 0.25) is 0 Å². The van der Waals surface area contributed by atoms with Crippen LogP contribution in [0.25, 0.3) is 0 Å². The third-order valence-electron chi connectivity index (χ3n) is 3.62. The van der Waals surface area contributed by atoms with Crippen molar-refractivity contribution in [1.29, 1.82) is 0 Å². The zero-order valence-corrected chi connectivity index (χ0v) is 12.4. The van der Waals surface area contributed by atoms with Gasteiger partial charge in [-0.25, -0.2) is 0 Å². The molecule has 0 radical (unpaired) electrons. The summed E-state index contributed by atoms with van der Waals surface area (Å²) >= 11 is 3.50. The third-order valence-corrected chi connectivity index (χ3v) is 4.30. The molecule has 0 aliphatic heterocycles. The minimum atomic E-state index is -0.458. The Labute approximate surface area is 117 Å². The summed E-state index contributed by atoms with van der Waals surface area (Å²) in [5.74, 6) is 0.597. The molecule has 1 unspecified atom stereocenters. The number of aliphatic hydroxyl groups is 2. The molecule has 0 spiro atoms. The summed E-state index contributed by atoms with van der Waals surface area (Å²) in [6.45, 7) is 2.73. The zero-order chi connectivity index (χ0) is 13.3. The molecule has 1 aromatic carbocycles. The van der Waals surface area contributed by atoms with Crippen LogP contribution >= 0.6 is 15.9 Å². The van der Waals surface area contributed by atoms with Gasteiger partial charge in [0.25, 0.3) is 0 Å². The first-order valence-electron chi connectivity index (χ1n) is 6.34. The summed E-state index contributed by atoms with van der Waals surface area (Å²) in [5.41, 5.74) is 2.04. The van der Waals surface area contributed by atoms with E-state index in [0.717, 1.165) is 35.1 Å². The van der Waals surface area contributed by atoms with Gasteiger partial charge in [-0.3, -0.25) is 0 Å². The fraction of sp³-hybridized carbons (Fsp3) is 0.571. The van der Waals surface area contributed by atoms with Gasteiger partial charge in [-0.15, -0.1) is 0 Å². The molecule has 18 heavy (non-hydrogen) atoms. The second-order valence-electron chi connectivity index (χ2n) is 5.25. The van der Waals surface area contributed by atoms with Gasteiger partial charge in [0.15, 0.2) is 0 Å². The first-order chi connectivity index (χ1) is 8.47. The highest BCUT2D eigenvalue weighted by Crippen LogP contribution is 2.31. The molecule has 1 aromatic rings. The lowest BCUT2D eigenvalue weighted by Gasteiger charge is -2.35. The van der Waals surface area contributed by atoms with Crippen molar-refractivity contribution in [3.05, 3.63) is 28.2 Å². The predicted molar refractivity (Wildman–Crippen MR) is 76.8 cm³/mol. The first kappa shape index (κ1) is 13.8. The van der Waals surface area contributed by atoms with Gasteiger partial charge in [0.05, 0.1) is 12.2 Å². The molecule has 0 heterocycles. The quantitative estimate of drug-likeness (QED) is 0.898. The van der Waals surface area contributed by atoms with Crippen molar-refractivity contribution in [2.45, 2.75) is 32.0 Å². The maximum atomic E-state index is 9.58. The second-order valence-corrected chi connectivity index (χ2v) is 6.11. The highest BCUT2D eigenvalue weighted by Gasteiger charge is 2.28. The van der Waals surface area contributed by atoms with E-state index in [1.165, 1.54) is 0 Å². The summed E-state index contributed by atoms with van der Waals surface area (Å²) in [7, 11) is 2.06. The van der Waals surface area contributed by atoms with Gasteiger partial charge < -0.3 is 15.1 Å². The van der Waals surface area contributed by atoms with Crippen molar-refractivity contribution >= 4 is 21.6 Å². The number of halogens is 1. The largest absolute Gasteiger partial charge is 0.393 e. The molecule has 1 fully saturated rings. The monoisotopic (exact) mass is 313 g/mol. The van der Waals surface area contributed by atoms with E-state index in [0.29, 0.717) is 5.92 Å². The normalized spacial score (nSPS) is 24.5.